The van der Waals surface area contributed by atoms with Gasteiger partial charge >= 0.3 is 5.97 Å². The number of benzene rings is 1. The van der Waals surface area contributed by atoms with Gasteiger partial charge < -0.3 is 14.7 Å². The van der Waals surface area contributed by atoms with Gasteiger partial charge in [-0.1, -0.05) is 13.0 Å². The van der Waals surface area contributed by atoms with Crippen LogP contribution in [0, 0.1) is 0 Å². The van der Waals surface area contributed by atoms with E-state index in [2.05, 4.69) is 4.72 Å². The van der Waals surface area contributed by atoms with E-state index in [-0.39, 0.29) is 18.2 Å². The highest BCUT2D eigenvalue weighted by atomic mass is 32.2. The lowest BCUT2D eigenvalue weighted by atomic mass is 10.2. The zero-order valence-electron chi connectivity index (χ0n) is 13.3. The number of ether oxygens (including phenoxy) is 1. The second-order valence-corrected chi connectivity index (χ2v) is 7.46. The maximum atomic E-state index is 12.5. The van der Waals surface area contributed by atoms with Crippen LogP contribution in [-0.2, 0) is 14.8 Å². The first-order chi connectivity index (χ1) is 11.3. The van der Waals surface area contributed by atoms with Gasteiger partial charge in [-0.05, 0) is 24.6 Å². The predicted octanol–water partition coefficient (Wildman–Crippen LogP) is 0.304. The topological polar surface area (TPSA) is 113 Å². The minimum absolute atomic E-state index is 0.133. The molecule has 0 aromatic heterocycles. The Bertz CT molecular complexity index is 718. The molecule has 24 heavy (non-hydrogen) atoms. The van der Waals surface area contributed by atoms with Gasteiger partial charge in [-0.15, -0.1) is 0 Å². The molecule has 0 spiro atoms. The van der Waals surface area contributed by atoms with Crippen molar-refractivity contribution in [2.75, 3.05) is 26.2 Å². The standard InChI is InChI=1S/C15H20N2O6S/c1-2-16-24(21,22)13-6-7-17(9-13)15(20)11-4-3-5-12(8-11)23-10-14(18)19/h3-5,8,13,16H,2,6-7,9-10H2,1H3,(H,18,19). The van der Waals surface area contributed by atoms with Crippen LogP contribution in [-0.4, -0.2) is 61.8 Å². The fraction of sp³-hybridized carbons (Fsp3) is 0.467. The Labute approximate surface area is 140 Å². The zero-order valence-corrected chi connectivity index (χ0v) is 14.1. The lowest BCUT2D eigenvalue weighted by Gasteiger charge is -2.17. The van der Waals surface area contributed by atoms with Crippen molar-refractivity contribution in [3.05, 3.63) is 29.8 Å². The lowest BCUT2D eigenvalue weighted by Crippen LogP contribution is -2.37. The van der Waals surface area contributed by atoms with Crippen LogP contribution in [0.5, 0.6) is 5.75 Å². The molecule has 1 heterocycles. The molecule has 0 saturated carbocycles. The molecular formula is C15H20N2O6S. The van der Waals surface area contributed by atoms with Crippen molar-refractivity contribution in [3.8, 4) is 5.75 Å². The predicted molar refractivity (Wildman–Crippen MR) is 86.5 cm³/mol. The largest absolute Gasteiger partial charge is 0.482 e. The molecule has 2 rings (SSSR count). The molecular weight excluding hydrogens is 336 g/mol. The van der Waals surface area contributed by atoms with Gasteiger partial charge in [0.2, 0.25) is 10.0 Å². The first-order valence-electron chi connectivity index (χ1n) is 7.56. The summed E-state index contributed by atoms with van der Waals surface area (Å²) in [5, 5.41) is 7.99. The fourth-order valence-electron chi connectivity index (χ4n) is 2.53. The number of hydrogen-bond donors (Lipinski definition) is 2. The van der Waals surface area contributed by atoms with Gasteiger partial charge in [-0.2, -0.15) is 0 Å². The van der Waals surface area contributed by atoms with E-state index in [0.717, 1.165) is 0 Å². The quantitative estimate of drug-likeness (QED) is 0.727. The van der Waals surface area contributed by atoms with E-state index in [1.54, 1.807) is 25.1 Å². The average molecular weight is 356 g/mol. The van der Waals surface area contributed by atoms with Crippen molar-refractivity contribution < 1.29 is 27.9 Å². The minimum atomic E-state index is -3.42. The molecule has 1 amide bonds. The molecule has 8 nitrogen and oxygen atoms in total. The van der Waals surface area contributed by atoms with E-state index < -0.39 is 27.8 Å². The van der Waals surface area contributed by atoms with Crippen LogP contribution in [0.1, 0.15) is 23.7 Å². The molecule has 0 bridgehead atoms. The van der Waals surface area contributed by atoms with Crippen LogP contribution in [0.4, 0.5) is 0 Å². The highest BCUT2D eigenvalue weighted by Gasteiger charge is 2.35. The number of sulfonamides is 1. The van der Waals surface area contributed by atoms with Crippen molar-refractivity contribution >= 4 is 21.9 Å². The fourth-order valence-corrected chi connectivity index (χ4v) is 3.96. The molecule has 1 aliphatic heterocycles. The maximum Gasteiger partial charge on any atom is 0.341 e. The molecule has 132 valence electrons. The van der Waals surface area contributed by atoms with Gasteiger partial charge in [0.25, 0.3) is 5.91 Å². The smallest absolute Gasteiger partial charge is 0.341 e. The van der Waals surface area contributed by atoms with Crippen LogP contribution < -0.4 is 9.46 Å². The summed E-state index contributed by atoms with van der Waals surface area (Å²) in [6.07, 6.45) is 0.385. The maximum absolute atomic E-state index is 12.5. The first kappa shape index (κ1) is 18.2. The number of carbonyl (C=O) groups is 2. The Hall–Kier alpha value is -2.13. The number of nitrogens with zero attached hydrogens (tertiary/aromatic N) is 1. The summed E-state index contributed by atoms with van der Waals surface area (Å²) < 4.78 is 31.5. The summed E-state index contributed by atoms with van der Waals surface area (Å²) in [5.41, 5.74) is 0.333. The SMILES string of the molecule is CCNS(=O)(=O)C1CCN(C(=O)c2cccc(OCC(=O)O)c2)C1. The van der Waals surface area contributed by atoms with Crippen molar-refractivity contribution in [2.24, 2.45) is 0 Å². The van der Waals surface area contributed by atoms with E-state index in [9.17, 15) is 18.0 Å². The number of hydrogen-bond acceptors (Lipinski definition) is 5. The summed E-state index contributed by atoms with van der Waals surface area (Å²) >= 11 is 0. The molecule has 1 atom stereocenters. The van der Waals surface area contributed by atoms with Crippen molar-refractivity contribution in [3.63, 3.8) is 0 Å². The summed E-state index contributed by atoms with van der Waals surface area (Å²) in [4.78, 5) is 24.5. The normalized spacial score (nSPS) is 17.7. The molecule has 1 aromatic rings. The van der Waals surface area contributed by atoms with Crippen LogP contribution in [0.25, 0.3) is 0 Å². The van der Waals surface area contributed by atoms with Gasteiger partial charge in [-0.25, -0.2) is 17.9 Å². The number of carboxylic acids is 1. The number of amides is 1. The van der Waals surface area contributed by atoms with Crippen LogP contribution >= 0.6 is 0 Å². The summed E-state index contributed by atoms with van der Waals surface area (Å²) in [5.74, 6) is -1.13. The summed E-state index contributed by atoms with van der Waals surface area (Å²) in [6, 6.07) is 6.19. The molecule has 0 aliphatic carbocycles. The van der Waals surface area contributed by atoms with Gasteiger partial charge in [-0.3, -0.25) is 4.79 Å². The second kappa shape index (κ2) is 7.63. The first-order valence-corrected chi connectivity index (χ1v) is 9.10. The molecule has 1 fully saturated rings. The summed E-state index contributed by atoms with van der Waals surface area (Å²) in [7, 11) is -3.42. The number of likely N-dealkylation sites (tertiary alicyclic amines) is 1. The molecule has 0 radical (unpaired) electrons. The van der Waals surface area contributed by atoms with Gasteiger partial charge in [0.1, 0.15) is 5.75 Å². The van der Waals surface area contributed by atoms with E-state index in [0.29, 0.717) is 25.1 Å². The molecule has 9 heteroatoms. The Kier molecular flexibility index (Phi) is 5.79. The number of carboxylic acid groups (broad SMARTS) is 1. The minimum Gasteiger partial charge on any atom is -0.482 e. The highest BCUT2D eigenvalue weighted by Crippen LogP contribution is 2.21. The van der Waals surface area contributed by atoms with Gasteiger partial charge in [0.05, 0.1) is 5.25 Å². The Morgan fingerprint density at radius 3 is 2.83 bits per heavy atom. The Morgan fingerprint density at radius 2 is 2.17 bits per heavy atom. The number of carbonyl (C=O) groups excluding carboxylic acids is 1. The highest BCUT2D eigenvalue weighted by molar-refractivity contribution is 7.90. The zero-order chi connectivity index (χ0) is 17.7. The van der Waals surface area contributed by atoms with Crippen LogP contribution in [0.15, 0.2) is 24.3 Å². The van der Waals surface area contributed by atoms with Gasteiger partial charge in [0.15, 0.2) is 6.61 Å². The molecule has 1 saturated heterocycles. The number of nitrogens with one attached hydrogen (secondary N) is 1. The van der Waals surface area contributed by atoms with E-state index in [4.69, 9.17) is 9.84 Å². The average Bonchev–Trinajstić information content (AvgIpc) is 3.03. The number of rotatable bonds is 7. The van der Waals surface area contributed by atoms with E-state index in [1.807, 2.05) is 0 Å². The third-order valence-corrected chi connectivity index (χ3v) is 5.61. The molecule has 1 unspecified atom stereocenters. The Morgan fingerprint density at radius 1 is 1.42 bits per heavy atom. The lowest BCUT2D eigenvalue weighted by molar-refractivity contribution is -0.139. The molecule has 2 N–H and O–H groups in total. The molecule has 1 aromatic carbocycles. The number of aliphatic carboxylic acids is 1. The third kappa shape index (κ3) is 4.45. The van der Waals surface area contributed by atoms with Crippen molar-refractivity contribution in [2.45, 2.75) is 18.6 Å². The van der Waals surface area contributed by atoms with Gasteiger partial charge in [0, 0.05) is 25.2 Å². The molecule has 1 aliphatic rings. The Balaban J connectivity index is 2.05. The third-order valence-electron chi connectivity index (χ3n) is 3.66. The second-order valence-electron chi connectivity index (χ2n) is 5.41. The van der Waals surface area contributed by atoms with E-state index >= 15 is 0 Å². The summed E-state index contributed by atoms with van der Waals surface area (Å²) in [6.45, 7) is 2.01. The van der Waals surface area contributed by atoms with Crippen molar-refractivity contribution in [1.29, 1.82) is 0 Å². The van der Waals surface area contributed by atoms with E-state index in [1.165, 1.54) is 11.0 Å². The van der Waals surface area contributed by atoms with Crippen LogP contribution in [0.2, 0.25) is 0 Å². The van der Waals surface area contributed by atoms with Crippen LogP contribution in [0.3, 0.4) is 0 Å². The monoisotopic (exact) mass is 356 g/mol. The van der Waals surface area contributed by atoms with Crippen molar-refractivity contribution in [1.82, 2.24) is 9.62 Å².